The Morgan fingerprint density at radius 2 is 1.85 bits per heavy atom. The number of aryl methyl sites for hydroxylation is 1. The Bertz CT molecular complexity index is 614. The van der Waals surface area contributed by atoms with E-state index in [1.807, 2.05) is 6.92 Å². The SMILES string of the molecule is CCNC(=NCc1ccc(C)cc1OC(C)CC(C)C)NCCNC(C)=O. The third-order valence-electron chi connectivity index (χ3n) is 3.90. The van der Waals surface area contributed by atoms with E-state index in [4.69, 9.17) is 4.74 Å². The van der Waals surface area contributed by atoms with Crippen LogP contribution in [-0.2, 0) is 11.3 Å². The second-order valence-corrected chi connectivity index (χ2v) is 7.27. The molecule has 0 fully saturated rings. The van der Waals surface area contributed by atoms with E-state index in [1.165, 1.54) is 12.5 Å². The number of carbonyl (C=O) groups excluding carboxylic acids is 1. The molecule has 0 aliphatic heterocycles. The molecule has 6 nitrogen and oxygen atoms in total. The number of nitrogens with zero attached hydrogens (tertiary/aromatic N) is 1. The fourth-order valence-electron chi connectivity index (χ4n) is 2.76. The molecule has 1 amide bonds. The molecule has 1 rings (SSSR count). The number of guanidine groups is 1. The first-order valence-electron chi connectivity index (χ1n) is 9.84. The Balaban J connectivity index is 2.78. The Morgan fingerprint density at radius 1 is 1.15 bits per heavy atom. The number of rotatable bonds is 10. The summed E-state index contributed by atoms with van der Waals surface area (Å²) >= 11 is 0. The van der Waals surface area contributed by atoms with E-state index in [9.17, 15) is 4.79 Å². The summed E-state index contributed by atoms with van der Waals surface area (Å²) in [5.74, 6) is 2.20. The summed E-state index contributed by atoms with van der Waals surface area (Å²) in [6, 6.07) is 6.25. The lowest BCUT2D eigenvalue weighted by Gasteiger charge is -2.19. The van der Waals surface area contributed by atoms with E-state index < -0.39 is 0 Å². The smallest absolute Gasteiger partial charge is 0.216 e. The monoisotopic (exact) mass is 376 g/mol. The molecule has 0 spiro atoms. The van der Waals surface area contributed by atoms with Crippen molar-refractivity contribution in [2.24, 2.45) is 10.9 Å². The number of ether oxygens (including phenoxy) is 1. The Kier molecular flexibility index (Phi) is 10.3. The summed E-state index contributed by atoms with van der Waals surface area (Å²) in [5, 5.41) is 9.22. The molecule has 27 heavy (non-hydrogen) atoms. The van der Waals surface area contributed by atoms with Gasteiger partial charge in [0.2, 0.25) is 5.91 Å². The number of carbonyl (C=O) groups is 1. The van der Waals surface area contributed by atoms with Gasteiger partial charge in [-0.3, -0.25) is 4.79 Å². The molecule has 1 atom stereocenters. The fraction of sp³-hybridized carbons (Fsp3) is 0.619. The second-order valence-electron chi connectivity index (χ2n) is 7.27. The fourth-order valence-corrected chi connectivity index (χ4v) is 2.76. The second kappa shape index (κ2) is 12.2. The van der Waals surface area contributed by atoms with E-state index in [0.29, 0.717) is 25.6 Å². The zero-order valence-electron chi connectivity index (χ0n) is 17.7. The van der Waals surface area contributed by atoms with Crippen molar-refractivity contribution in [2.45, 2.75) is 60.6 Å². The number of amides is 1. The van der Waals surface area contributed by atoms with Crippen molar-refractivity contribution in [1.29, 1.82) is 0 Å². The highest BCUT2D eigenvalue weighted by Gasteiger charge is 2.11. The summed E-state index contributed by atoms with van der Waals surface area (Å²) in [6.45, 7) is 14.6. The number of nitrogens with one attached hydrogen (secondary N) is 3. The minimum atomic E-state index is -0.0318. The van der Waals surface area contributed by atoms with E-state index in [2.05, 4.69) is 66.8 Å². The van der Waals surface area contributed by atoms with Crippen LogP contribution >= 0.6 is 0 Å². The van der Waals surface area contributed by atoms with Crippen LogP contribution < -0.4 is 20.7 Å². The third kappa shape index (κ3) is 9.87. The molecule has 0 saturated carbocycles. The Morgan fingerprint density at radius 3 is 2.48 bits per heavy atom. The largest absolute Gasteiger partial charge is 0.490 e. The minimum Gasteiger partial charge on any atom is -0.490 e. The molecule has 3 N–H and O–H groups in total. The van der Waals surface area contributed by atoms with Gasteiger partial charge < -0.3 is 20.7 Å². The molecule has 6 heteroatoms. The van der Waals surface area contributed by atoms with Gasteiger partial charge >= 0.3 is 0 Å². The minimum absolute atomic E-state index is 0.0318. The van der Waals surface area contributed by atoms with Gasteiger partial charge in [0.1, 0.15) is 5.75 Å². The maximum absolute atomic E-state index is 10.9. The van der Waals surface area contributed by atoms with Crippen LogP contribution in [0.1, 0.15) is 52.2 Å². The number of aliphatic imine (C=N–C) groups is 1. The predicted octanol–water partition coefficient (Wildman–Crippen LogP) is 3.00. The molecular weight excluding hydrogens is 340 g/mol. The van der Waals surface area contributed by atoms with Crippen LogP contribution in [0.5, 0.6) is 5.75 Å². The van der Waals surface area contributed by atoms with Crippen molar-refractivity contribution in [3.05, 3.63) is 29.3 Å². The van der Waals surface area contributed by atoms with Gasteiger partial charge in [-0.15, -0.1) is 0 Å². The Hall–Kier alpha value is -2.24. The van der Waals surface area contributed by atoms with Crippen molar-refractivity contribution in [3.8, 4) is 5.75 Å². The normalized spacial score (nSPS) is 12.6. The van der Waals surface area contributed by atoms with Gasteiger partial charge in [0.15, 0.2) is 5.96 Å². The number of benzene rings is 1. The average molecular weight is 377 g/mol. The molecule has 1 unspecified atom stereocenters. The van der Waals surface area contributed by atoms with Crippen molar-refractivity contribution < 1.29 is 9.53 Å². The molecule has 0 radical (unpaired) electrons. The van der Waals surface area contributed by atoms with Crippen LogP contribution in [0.2, 0.25) is 0 Å². The average Bonchev–Trinajstić information content (AvgIpc) is 2.56. The zero-order valence-corrected chi connectivity index (χ0v) is 17.7. The first-order chi connectivity index (χ1) is 12.8. The molecule has 0 aromatic heterocycles. The van der Waals surface area contributed by atoms with E-state index in [-0.39, 0.29) is 12.0 Å². The molecule has 0 saturated heterocycles. The van der Waals surface area contributed by atoms with E-state index in [1.54, 1.807) is 0 Å². The van der Waals surface area contributed by atoms with Gasteiger partial charge in [-0.25, -0.2) is 4.99 Å². The lowest BCUT2D eigenvalue weighted by atomic mass is 10.1. The number of hydrogen-bond donors (Lipinski definition) is 3. The summed E-state index contributed by atoms with van der Waals surface area (Å²) in [7, 11) is 0. The van der Waals surface area contributed by atoms with Crippen LogP contribution in [0.25, 0.3) is 0 Å². The summed E-state index contributed by atoms with van der Waals surface area (Å²) in [5.41, 5.74) is 2.24. The highest BCUT2D eigenvalue weighted by atomic mass is 16.5. The maximum atomic E-state index is 10.9. The van der Waals surface area contributed by atoms with Gasteiger partial charge in [-0.1, -0.05) is 26.0 Å². The standard InChI is InChI=1S/C21H36N4O2/c1-7-22-21(24-11-10-23-18(6)26)25-14-19-9-8-16(4)13-20(19)27-17(5)12-15(2)3/h8-9,13,15,17H,7,10-12,14H2,1-6H3,(H,23,26)(H2,22,24,25). The molecular formula is C21H36N4O2. The topological polar surface area (TPSA) is 74.8 Å². The highest BCUT2D eigenvalue weighted by molar-refractivity contribution is 5.80. The van der Waals surface area contributed by atoms with E-state index in [0.717, 1.165) is 30.2 Å². The molecule has 1 aromatic rings. The predicted molar refractivity (Wildman–Crippen MR) is 112 cm³/mol. The van der Waals surface area contributed by atoms with Crippen molar-refractivity contribution in [2.75, 3.05) is 19.6 Å². The van der Waals surface area contributed by atoms with Crippen LogP contribution in [0.3, 0.4) is 0 Å². The molecule has 0 aliphatic rings. The zero-order chi connectivity index (χ0) is 20.2. The summed E-state index contributed by atoms with van der Waals surface area (Å²) < 4.78 is 6.20. The lowest BCUT2D eigenvalue weighted by molar-refractivity contribution is -0.118. The molecule has 1 aromatic carbocycles. The van der Waals surface area contributed by atoms with Gasteiger partial charge in [0.25, 0.3) is 0 Å². The van der Waals surface area contributed by atoms with E-state index >= 15 is 0 Å². The quantitative estimate of drug-likeness (QED) is 0.333. The van der Waals surface area contributed by atoms with Crippen LogP contribution in [0.4, 0.5) is 0 Å². The first kappa shape index (κ1) is 22.8. The maximum Gasteiger partial charge on any atom is 0.216 e. The molecule has 152 valence electrons. The summed E-state index contributed by atoms with van der Waals surface area (Å²) in [6.07, 6.45) is 1.18. The molecule has 0 heterocycles. The van der Waals surface area contributed by atoms with Gasteiger partial charge in [0.05, 0.1) is 12.6 Å². The van der Waals surface area contributed by atoms with Crippen molar-refractivity contribution in [1.82, 2.24) is 16.0 Å². The van der Waals surface area contributed by atoms with Gasteiger partial charge in [-0.2, -0.15) is 0 Å². The van der Waals surface area contributed by atoms with Gasteiger partial charge in [0, 0.05) is 32.1 Å². The highest BCUT2D eigenvalue weighted by Crippen LogP contribution is 2.24. The van der Waals surface area contributed by atoms with Crippen LogP contribution in [0, 0.1) is 12.8 Å². The summed E-state index contributed by atoms with van der Waals surface area (Å²) in [4.78, 5) is 15.6. The van der Waals surface area contributed by atoms with Crippen molar-refractivity contribution >= 4 is 11.9 Å². The Labute approximate surface area is 164 Å². The number of hydrogen-bond acceptors (Lipinski definition) is 3. The molecule has 0 aliphatic carbocycles. The lowest BCUT2D eigenvalue weighted by Crippen LogP contribution is -2.41. The third-order valence-corrected chi connectivity index (χ3v) is 3.90. The first-order valence-corrected chi connectivity index (χ1v) is 9.84. The van der Waals surface area contributed by atoms with Gasteiger partial charge in [-0.05, 0) is 44.7 Å². The van der Waals surface area contributed by atoms with Crippen LogP contribution in [-0.4, -0.2) is 37.6 Å². The van der Waals surface area contributed by atoms with Crippen LogP contribution in [0.15, 0.2) is 23.2 Å². The van der Waals surface area contributed by atoms with Crippen molar-refractivity contribution in [3.63, 3.8) is 0 Å². The molecule has 0 bridgehead atoms.